The predicted molar refractivity (Wildman–Crippen MR) is 66.2 cm³/mol. The van der Waals surface area contributed by atoms with Crippen LogP contribution in [-0.2, 0) is 0 Å². The number of hydrogen-bond acceptors (Lipinski definition) is 0. The van der Waals surface area contributed by atoms with Crippen LogP contribution in [0, 0.1) is 5.41 Å². The van der Waals surface area contributed by atoms with Crippen LogP contribution in [0.3, 0.4) is 0 Å². The van der Waals surface area contributed by atoms with Gasteiger partial charge in [-0.3, -0.25) is 0 Å². The first-order valence-corrected chi connectivity index (χ1v) is 5.56. The maximum atomic E-state index is 3.34. The van der Waals surface area contributed by atoms with Crippen molar-refractivity contribution < 1.29 is 0 Å². The van der Waals surface area contributed by atoms with Gasteiger partial charge in [0.05, 0.1) is 0 Å². The number of nitrogens with one attached hydrogen (secondary N) is 1. The normalized spacial score (nSPS) is 14.4. The minimum Gasteiger partial charge on any atom is -0.361 e. The van der Waals surface area contributed by atoms with Gasteiger partial charge >= 0.3 is 0 Å². The summed E-state index contributed by atoms with van der Waals surface area (Å²) in [7, 11) is 0. The molecule has 2 aromatic rings. The number of benzene rings is 1. The van der Waals surface area contributed by atoms with E-state index < -0.39 is 0 Å². The summed E-state index contributed by atoms with van der Waals surface area (Å²) in [5.74, 6) is 0.564. The van der Waals surface area contributed by atoms with E-state index in [4.69, 9.17) is 0 Å². The number of rotatable bonds is 1. The Morgan fingerprint density at radius 1 is 1.13 bits per heavy atom. The number of hydrogen-bond donors (Lipinski definition) is 1. The molecule has 0 radical (unpaired) electrons. The molecule has 0 saturated carbocycles. The lowest BCUT2D eigenvalue weighted by Crippen LogP contribution is -2.14. The van der Waals surface area contributed by atoms with Crippen molar-refractivity contribution in [2.75, 3.05) is 0 Å². The molecule has 1 atom stereocenters. The maximum absolute atomic E-state index is 3.34. The summed E-state index contributed by atoms with van der Waals surface area (Å²) < 4.78 is 0. The third-order valence-electron chi connectivity index (χ3n) is 3.39. The van der Waals surface area contributed by atoms with Gasteiger partial charge in [-0.2, -0.15) is 0 Å². The van der Waals surface area contributed by atoms with Gasteiger partial charge in [0.15, 0.2) is 0 Å². The van der Waals surface area contributed by atoms with Crippen molar-refractivity contribution in [1.29, 1.82) is 0 Å². The number of fused-ring (bicyclic) bond motifs is 1. The molecule has 2 rings (SSSR count). The molecule has 80 valence electrons. The van der Waals surface area contributed by atoms with Crippen molar-refractivity contribution in [3.63, 3.8) is 0 Å². The molecule has 0 fully saturated rings. The van der Waals surface area contributed by atoms with Crippen LogP contribution in [0.15, 0.2) is 30.5 Å². The first-order chi connectivity index (χ1) is 7.00. The molecule has 0 unspecified atom stereocenters. The number of para-hydroxylation sites is 1. The lowest BCUT2D eigenvalue weighted by molar-refractivity contribution is 0.341. The Morgan fingerprint density at radius 3 is 2.47 bits per heavy atom. The SMILES string of the molecule is C[C@@H](c1c[nH]c2ccccc12)C(C)(C)C. The zero-order valence-electron chi connectivity index (χ0n) is 9.96. The molecule has 1 nitrogen and oxygen atoms in total. The third-order valence-corrected chi connectivity index (χ3v) is 3.39. The highest BCUT2D eigenvalue weighted by molar-refractivity contribution is 5.83. The van der Waals surface area contributed by atoms with Crippen LogP contribution in [0.4, 0.5) is 0 Å². The predicted octanol–water partition coefficient (Wildman–Crippen LogP) is 4.32. The third kappa shape index (κ3) is 1.79. The van der Waals surface area contributed by atoms with E-state index in [-0.39, 0.29) is 0 Å². The Kier molecular flexibility index (Phi) is 2.34. The monoisotopic (exact) mass is 201 g/mol. The number of aromatic nitrogens is 1. The van der Waals surface area contributed by atoms with Crippen molar-refractivity contribution in [2.24, 2.45) is 5.41 Å². The summed E-state index contributed by atoms with van der Waals surface area (Å²) in [5.41, 5.74) is 2.98. The molecule has 1 aromatic carbocycles. The molecule has 0 aliphatic rings. The van der Waals surface area contributed by atoms with Gasteiger partial charge in [0, 0.05) is 17.1 Å². The van der Waals surface area contributed by atoms with E-state index in [1.807, 2.05) is 0 Å². The molecule has 1 heterocycles. The van der Waals surface area contributed by atoms with Crippen molar-refractivity contribution in [3.05, 3.63) is 36.0 Å². The quantitative estimate of drug-likeness (QED) is 0.707. The summed E-state index contributed by atoms with van der Waals surface area (Å²) in [5, 5.41) is 1.36. The van der Waals surface area contributed by atoms with Crippen LogP contribution >= 0.6 is 0 Å². The van der Waals surface area contributed by atoms with Crippen molar-refractivity contribution >= 4 is 10.9 Å². The second-order valence-electron chi connectivity index (χ2n) is 5.38. The van der Waals surface area contributed by atoms with Gasteiger partial charge in [0.2, 0.25) is 0 Å². The van der Waals surface area contributed by atoms with Gasteiger partial charge in [0.1, 0.15) is 0 Å². The largest absolute Gasteiger partial charge is 0.361 e. The number of aromatic amines is 1. The first-order valence-electron chi connectivity index (χ1n) is 5.56. The fourth-order valence-electron chi connectivity index (χ4n) is 1.92. The summed E-state index contributed by atoms with van der Waals surface area (Å²) >= 11 is 0. The van der Waals surface area contributed by atoms with Crippen LogP contribution in [-0.4, -0.2) is 4.98 Å². The van der Waals surface area contributed by atoms with Crippen LogP contribution in [0.5, 0.6) is 0 Å². The van der Waals surface area contributed by atoms with Gasteiger partial charge < -0.3 is 4.98 Å². The molecule has 1 aromatic heterocycles. The molecular formula is C14H19N. The molecule has 0 amide bonds. The van der Waals surface area contributed by atoms with E-state index in [0.717, 1.165) is 0 Å². The Hall–Kier alpha value is -1.24. The van der Waals surface area contributed by atoms with E-state index >= 15 is 0 Å². The Morgan fingerprint density at radius 2 is 1.80 bits per heavy atom. The molecule has 0 saturated heterocycles. The Balaban J connectivity index is 2.53. The summed E-state index contributed by atoms with van der Waals surface area (Å²) in [6, 6.07) is 8.51. The van der Waals surface area contributed by atoms with Crippen LogP contribution in [0.1, 0.15) is 39.2 Å². The summed E-state index contributed by atoms with van der Waals surface area (Å²) in [4.78, 5) is 3.34. The zero-order valence-corrected chi connectivity index (χ0v) is 9.96. The maximum Gasteiger partial charge on any atom is 0.0456 e. The van der Waals surface area contributed by atoms with Crippen LogP contribution in [0.2, 0.25) is 0 Å². The molecule has 0 bridgehead atoms. The van der Waals surface area contributed by atoms with Crippen molar-refractivity contribution in [1.82, 2.24) is 4.98 Å². The van der Waals surface area contributed by atoms with Crippen LogP contribution in [0.25, 0.3) is 10.9 Å². The highest BCUT2D eigenvalue weighted by atomic mass is 14.7. The molecule has 0 spiro atoms. The minimum absolute atomic E-state index is 0.310. The van der Waals surface area contributed by atoms with Crippen molar-refractivity contribution in [2.45, 2.75) is 33.6 Å². The Bertz CT molecular complexity index is 459. The van der Waals surface area contributed by atoms with Crippen molar-refractivity contribution in [3.8, 4) is 0 Å². The molecule has 15 heavy (non-hydrogen) atoms. The fraction of sp³-hybridized carbons (Fsp3) is 0.429. The second-order valence-corrected chi connectivity index (χ2v) is 5.38. The Labute approximate surface area is 91.5 Å². The first kappa shape index (κ1) is 10.3. The molecule has 0 aliphatic heterocycles. The van der Waals surface area contributed by atoms with Gasteiger partial charge in [-0.05, 0) is 23.0 Å². The highest BCUT2D eigenvalue weighted by Crippen LogP contribution is 2.37. The number of H-pyrrole nitrogens is 1. The summed E-state index contributed by atoms with van der Waals surface area (Å²) in [6.07, 6.45) is 2.15. The second kappa shape index (κ2) is 3.41. The highest BCUT2D eigenvalue weighted by Gasteiger charge is 2.23. The van der Waals surface area contributed by atoms with E-state index in [1.54, 1.807) is 0 Å². The fourth-order valence-corrected chi connectivity index (χ4v) is 1.92. The lowest BCUT2D eigenvalue weighted by Gasteiger charge is -2.27. The lowest BCUT2D eigenvalue weighted by atomic mass is 9.78. The minimum atomic E-state index is 0.310. The topological polar surface area (TPSA) is 15.8 Å². The molecular weight excluding hydrogens is 182 g/mol. The van der Waals surface area contributed by atoms with Gasteiger partial charge in [-0.1, -0.05) is 45.9 Å². The van der Waals surface area contributed by atoms with E-state index in [9.17, 15) is 0 Å². The standard InChI is InChI=1S/C14H19N/c1-10(14(2,3)4)12-9-15-13-8-6-5-7-11(12)13/h5-10,15H,1-4H3/t10-/m0/s1. The van der Waals surface area contributed by atoms with E-state index in [2.05, 4.69) is 63.1 Å². The summed E-state index contributed by atoms with van der Waals surface area (Å²) in [6.45, 7) is 9.17. The molecule has 1 heteroatoms. The molecule has 1 N–H and O–H groups in total. The smallest absolute Gasteiger partial charge is 0.0456 e. The average molecular weight is 201 g/mol. The van der Waals surface area contributed by atoms with E-state index in [1.165, 1.54) is 16.5 Å². The van der Waals surface area contributed by atoms with E-state index in [0.29, 0.717) is 11.3 Å². The van der Waals surface area contributed by atoms with Gasteiger partial charge in [0.25, 0.3) is 0 Å². The molecule has 0 aliphatic carbocycles. The average Bonchev–Trinajstić information content (AvgIpc) is 2.58. The van der Waals surface area contributed by atoms with Gasteiger partial charge in [-0.15, -0.1) is 0 Å². The van der Waals surface area contributed by atoms with Gasteiger partial charge in [-0.25, -0.2) is 0 Å². The van der Waals surface area contributed by atoms with Crippen LogP contribution < -0.4 is 0 Å². The zero-order chi connectivity index (χ0) is 11.1.